The Labute approximate surface area is 273 Å². The van der Waals surface area contributed by atoms with Gasteiger partial charge in [-0.2, -0.15) is 0 Å². The number of hydrogen-bond donors (Lipinski definition) is 1. The second kappa shape index (κ2) is 14.6. The van der Waals surface area contributed by atoms with Crippen LogP contribution >= 0.6 is 0 Å². The number of nitrogens with zero attached hydrogens (tertiary/aromatic N) is 2. The first-order valence-corrected chi connectivity index (χ1v) is 16.7. The van der Waals surface area contributed by atoms with Gasteiger partial charge < -0.3 is 15.0 Å². The SMILES string of the molecule is COc1ccc(N(CC(=O)N(Cc2ccccc2C)[C@H](Cc2ccccc2)C(=O)NC(C)(C)C)S(=O)(=O)c2ccc(C)cc2)cc1. The number of sulfonamides is 1. The number of amides is 2. The van der Waals surface area contributed by atoms with E-state index in [0.29, 0.717) is 11.4 Å². The maximum absolute atomic E-state index is 14.6. The van der Waals surface area contributed by atoms with Crippen LogP contribution in [0.3, 0.4) is 0 Å². The van der Waals surface area contributed by atoms with Crippen LogP contribution in [0, 0.1) is 13.8 Å². The van der Waals surface area contributed by atoms with Gasteiger partial charge in [-0.25, -0.2) is 8.42 Å². The predicted octanol–water partition coefficient (Wildman–Crippen LogP) is 6.06. The summed E-state index contributed by atoms with van der Waals surface area (Å²) >= 11 is 0. The van der Waals surface area contributed by atoms with Crippen molar-refractivity contribution in [1.29, 1.82) is 0 Å². The van der Waals surface area contributed by atoms with E-state index in [1.165, 1.54) is 24.1 Å². The monoisotopic (exact) mass is 641 g/mol. The zero-order valence-electron chi connectivity index (χ0n) is 27.4. The average molecular weight is 642 g/mol. The molecule has 2 amide bonds. The molecule has 0 bridgehead atoms. The molecule has 0 aliphatic carbocycles. The maximum Gasteiger partial charge on any atom is 0.264 e. The van der Waals surface area contributed by atoms with Crippen LogP contribution in [0.4, 0.5) is 5.69 Å². The predicted molar refractivity (Wildman–Crippen MR) is 182 cm³/mol. The fourth-order valence-corrected chi connectivity index (χ4v) is 6.51. The highest BCUT2D eigenvalue weighted by atomic mass is 32.2. The van der Waals surface area contributed by atoms with Crippen molar-refractivity contribution in [3.05, 3.63) is 125 Å². The average Bonchev–Trinajstić information content (AvgIpc) is 3.02. The lowest BCUT2D eigenvalue weighted by Crippen LogP contribution is -2.56. The van der Waals surface area contributed by atoms with Crippen molar-refractivity contribution in [2.24, 2.45) is 0 Å². The van der Waals surface area contributed by atoms with Crippen molar-refractivity contribution in [3.8, 4) is 5.75 Å². The first-order valence-electron chi connectivity index (χ1n) is 15.2. The minimum Gasteiger partial charge on any atom is -0.497 e. The van der Waals surface area contributed by atoms with E-state index in [0.717, 1.165) is 26.6 Å². The van der Waals surface area contributed by atoms with Gasteiger partial charge in [-0.3, -0.25) is 13.9 Å². The molecular formula is C37H43N3O5S. The van der Waals surface area contributed by atoms with Crippen LogP contribution in [-0.2, 0) is 32.6 Å². The van der Waals surface area contributed by atoms with Crippen LogP contribution in [0.15, 0.2) is 108 Å². The number of ether oxygens (including phenoxy) is 1. The van der Waals surface area contributed by atoms with Gasteiger partial charge in [0.1, 0.15) is 18.3 Å². The van der Waals surface area contributed by atoms with Crippen LogP contribution in [0.25, 0.3) is 0 Å². The molecule has 46 heavy (non-hydrogen) atoms. The molecule has 0 radical (unpaired) electrons. The number of aryl methyl sites for hydroxylation is 2. The third-order valence-electron chi connectivity index (χ3n) is 7.62. The zero-order chi connectivity index (χ0) is 33.5. The number of benzene rings is 4. The van der Waals surface area contributed by atoms with E-state index in [1.807, 2.05) is 89.2 Å². The third kappa shape index (κ3) is 8.75. The van der Waals surface area contributed by atoms with Gasteiger partial charge in [0, 0.05) is 18.5 Å². The van der Waals surface area contributed by atoms with Gasteiger partial charge in [0.15, 0.2) is 0 Å². The van der Waals surface area contributed by atoms with Crippen LogP contribution < -0.4 is 14.4 Å². The summed E-state index contributed by atoms with van der Waals surface area (Å²) in [6.07, 6.45) is 0.244. The van der Waals surface area contributed by atoms with E-state index < -0.39 is 34.1 Å². The number of carbonyl (C=O) groups is 2. The molecule has 1 N–H and O–H groups in total. The minimum absolute atomic E-state index is 0.0542. The maximum atomic E-state index is 14.6. The summed E-state index contributed by atoms with van der Waals surface area (Å²) in [5.41, 5.74) is 3.32. The highest BCUT2D eigenvalue weighted by molar-refractivity contribution is 7.92. The molecule has 0 saturated carbocycles. The third-order valence-corrected chi connectivity index (χ3v) is 9.41. The molecule has 8 nitrogen and oxygen atoms in total. The fraction of sp³-hybridized carbons (Fsp3) is 0.297. The molecule has 4 rings (SSSR count). The van der Waals surface area contributed by atoms with Crippen molar-refractivity contribution in [1.82, 2.24) is 10.2 Å². The number of nitrogens with one attached hydrogen (secondary N) is 1. The summed E-state index contributed by atoms with van der Waals surface area (Å²) in [7, 11) is -2.66. The van der Waals surface area contributed by atoms with Gasteiger partial charge in [-0.1, -0.05) is 72.3 Å². The summed E-state index contributed by atoms with van der Waals surface area (Å²) in [6.45, 7) is 9.07. The second-order valence-electron chi connectivity index (χ2n) is 12.4. The number of methoxy groups -OCH3 is 1. The van der Waals surface area contributed by atoms with E-state index in [1.54, 1.807) is 36.4 Å². The van der Waals surface area contributed by atoms with Crippen molar-refractivity contribution >= 4 is 27.5 Å². The van der Waals surface area contributed by atoms with E-state index in [2.05, 4.69) is 5.32 Å². The van der Waals surface area contributed by atoms with Gasteiger partial charge in [0.2, 0.25) is 11.8 Å². The molecule has 0 fully saturated rings. The Hall–Kier alpha value is -4.63. The molecule has 0 saturated heterocycles. The Morgan fingerprint density at radius 2 is 1.43 bits per heavy atom. The summed E-state index contributed by atoms with van der Waals surface area (Å²) in [4.78, 5) is 30.2. The number of hydrogen-bond acceptors (Lipinski definition) is 5. The van der Waals surface area contributed by atoms with E-state index in [-0.39, 0.29) is 23.8 Å². The zero-order valence-corrected chi connectivity index (χ0v) is 28.2. The number of rotatable bonds is 12. The van der Waals surface area contributed by atoms with Gasteiger partial charge in [-0.15, -0.1) is 0 Å². The molecule has 4 aromatic rings. The Morgan fingerprint density at radius 1 is 0.826 bits per heavy atom. The molecule has 0 spiro atoms. The van der Waals surface area contributed by atoms with Crippen LogP contribution in [0.1, 0.15) is 43.0 Å². The smallest absolute Gasteiger partial charge is 0.264 e. The molecule has 0 aromatic heterocycles. The van der Waals surface area contributed by atoms with Gasteiger partial charge in [0.25, 0.3) is 10.0 Å². The van der Waals surface area contributed by atoms with E-state index in [4.69, 9.17) is 4.74 Å². The molecule has 1 atom stereocenters. The normalized spacial score (nSPS) is 12.2. The Balaban J connectivity index is 1.83. The first-order chi connectivity index (χ1) is 21.8. The largest absolute Gasteiger partial charge is 0.497 e. The molecule has 0 aliphatic heterocycles. The number of anilines is 1. The highest BCUT2D eigenvalue weighted by Gasteiger charge is 2.35. The molecule has 4 aromatic carbocycles. The Morgan fingerprint density at radius 3 is 2.02 bits per heavy atom. The highest BCUT2D eigenvalue weighted by Crippen LogP contribution is 2.27. The molecule has 9 heteroatoms. The van der Waals surface area contributed by atoms with Crippen LogP contribution in [0.5, 0.6) is 5.75 Å². The molecule has 0 unspecified atom stereocenters. The molecule has 0 heterocycles. The Bertz CT molecular complexity index is 1730. The Kier molecular flexibility index (Phi) is 10.9. The van der Waals surface area contributed by atoms with Gasteiger partial charge >= 0.3 is 0 Å². The van der Waals surface area contributed by atoms with E-state index >= 15 is 0 Å². The molecule has 0 aliphatic rings. The standard InChI is InChI=1S/C37H43N3O5S/c1-27-16-22-33(23-17-27)46(43,44)40(31-18-20-32(45-6)21-19-31)26-35(41)39(25-30-15-11-10-12-28(30)2)34(36(42)38-37(3,4)5)24-29-13-8-7-9-14-29/h7-23,34H,24-26H2,1-6H3,(H,38,42)/t34-/m1/s1. The van der Waals surface area contributed by atoms with Gasteiger partial charge in [0.05, 0.1) is 17.7 Å². The first kappa shape index (κ1) is 34.2. The van der Waals surface area contributed by atoms with E-state index in [9.17, 15) is 18.0 Å². The van der Waals surface area contributed by atoms with Crippen molar-refractivity contribution in [2.45, 2.75) is 64.1 Å². The summed E-state index contributed by atoms with van der Waals surface area (Å²) in [6, 6.07) is 29.3. The lowest BCUT2D eigenvalue weighted by Gasteiger charge is -2.35. The van der Waals surface area contributed by atoms with Gasteiger partial charge in [-0.05, 0) is 87.7 Å². The van der Waals surface area contributed by atoms with Crippen LogP contribution in [-0.4, -0.2) is 50.4 Å². The van der Waals surface area contributed by atoms with Crippen LogP contribution in [0.2, 0.25) is 0 Å². The minimum atomic E-state index is -4.19. The number of carbonyl (C=O) groups excluding carboxylic acids is 2. The summed E-state index contributed by atoms with van der Waals surface area (Å²) in [5.74, 6) is -0.291. The van der Waals surface area contributed by atoms with Crippen molar-refractivity contribution in [2.75, 3.05) is 18.0 Å². The molecule has 242 valence electrons. The van der Waals surface area contributed by atoms with Crippen molar-refractivity contribution < 1.29 is 22.7 Å². The molecular weight excluding hydrogens is 598 g/mol. The summed E-state index contributed by atoms with van der Waals surface area (Å²) < 4.78 is 34.8. The summed E-state index contributed by atoms with van der Waals surface area (Å²) in [5, 5.41) is 3.06. The van der Waals surface area contributed by atoms with Crippen molar-refractivity contribution in [3.63, 3.8) is 0 Å². The topological polar surface area (TPSA) is 96.0 Å². The lowest BCUT2D eigenvalue weighted by molar-refractivity contribution is -0.140. The fourth-order valence-electron chi connectivity index (χ4n) is 5.09. The lowest BCUT2D eigenvalue weighted by atomic mass is 10.00. The second-order valence-corrected chi connectivity index (χ2v) is 14.3. The quantitative estimate of drug-likeness (QED) is 0.203.